The normalized spacial score (nSPS) is 14.2. The second-order valence-electron chi connectivity index (χ2n) is 6.42. The molecule has 1 aliphatic heterocycles. The van der Waals surface area contributed by atoms with Crippen LogP contribution in [-0.2, 0) is 26.6 Å². The summed E-state index contributed by atoms with van der Waals surface area (Å²) in [5.41, 5.74) is -1.47. The first-order chi connectivity index (χ1) is 13.3. The zero-order valence-electron chi connectivity index (χ0n) is 15.2. The minimum atomic E-state index is -4.47. The average Bonchev–Trinajstić information content (AvgIpc) is 2.83. The Hall–Kier alpha value is -3.12. The minimum absolute atomic E-state index is 0.0603. The molecule has 0 unspecified atom stereocenters. The van der Waals surface area contributed by atoms with Gasteiger partial charge in [-0.1, -0.05) is 30.3 Å². The van der Waals surface area contributed by atoms with E-state index in [0.29, 0.717) is 24.1 Å². The summed E-state index contributed by atoms with van der Waals surface area (Å²) in [7, 11) is -8.95. The maximum atomic E-state index is 13.0. The third-order valence-electron chi connectivity index (χ3n) is 4.16. The average molecular weight is 440 g/mol. The third kappa shape index (κ3) is 3.51. The van der Waals surface area contributed by atoms with Crippen LogP contribution >= 0.6 is 0 Å². The Kier molecular flexibility index (Phi) is 4.79. The SMILES string of the molecule is CS(=O)(=O)N(c1cc(O)c(O)c2c1C(=O)N(Cc1ccccc1)C2=O)S(C)(=O)=O. The maximum absolute atomic E-state index is 13.0. The molecule has 0 fully saturated rings. The number of amides is 2. The van der Waals surface area contributed by atoms with E-state index < -0.39 is 60.2 Å². The Labute approximate surface area is 166 Å². The van der Waals surface area contributed by atoms with E-state index in [1.807, 2.05) is 0 Å². The Balaban J connectivity index is 2.26. The van der Waals surface area contributed by atoms with Gasteiger partial charge in [0.1, 0.15) is 5.56 Å². The Bertz CT molecular complexity index is 1210. The molecule has 3 rings (SSSR count). The molecule has 0 aromatic heterocycles. The molecular weight excluding hydrogens is 424 g/mol. The van der Waals surface area contributed by atoms with E-state index in [4.69, 9.17) is 0 Å². The molecule has 2 aromatic carbocycles. The van der Waals surface area contributed by atoms with Crippen molar-refractivity contribution in [1.82, 2.24) is 4.90 Å². The molecule has 10 nitrogen and oxygen atoms in total. The lowest BCUT2D eigenvalue weighted by molar-refractivity contribution is 0.0641. The highest BCUT2D eigenvalue weighted by Crippen LogP contribution is 2.44. The van der Waals surface area contributed by atoms with Crippen molar-refractivity contribution in [2.45, 2.75) is 6.54 Å². The van der Waals surface area contributed by atoms with Gasteiger partial charge in [-0.15, -0.1) is 0 Å². The third-order valence-corrected chi connectivity index (χ3v) is 7.38. The van der Waals surface area contributed by atoms with Crippen LogP contribution in [0.1, 0.15) is 26.3 Å². The van der Waals surface area contributed by atoms with Gasteiger partial charge in [0.15, 0.2) is 11.5 Å². The monoisotopic (exact) mass is 440 g/mol. The van der Waals surface area contributed by atoms with Crippen molar-refractivity contribution in [3.05, 3.63) is 53.1 Å². The fourth-order valence-corrected chi connectivity index (χ4v) is 6.06. The predicted octanol–water partition coefficient (Wildman–Crippen LogP) is 0.620. The molecule has 29 heavy (non-hydrogen) atoms. The number of sulfonamides is 2. The number of aromatic hydroxyl groups is 2. The summed E-state index contributed by atoms with van der Waals surface area (Å²) >= 11 is 0. The van der Waals surface area contributed by atoms with Crippen molar-refractivity contribution in [1.29, 1.82) is 0 Å². The van der Waals surface area contributed by atoms with Gasteiger partial charge < -0.3 is 10.2 Å². The summed E-state index contributed by atoms with van der Waals surface area (Å²) in [4.78, 5) is 26.5. The first kappa shape index (κ1) is 20.6. The van der Waals surface area contributed by atoms with E-state index in [9.17, 15) is 36.6 Å². The number of carbonyl (C=O) groups is 2. The molecule has 1 heterocycles. The summed E-state index contributed by atoms with van der Waals surface area (Å²) in [5.74, 6) is -3.89. The predicted molar refractivity (Wildman–Crippen MR) is 103 cm³/mol. The van der Waals surface area contributed by atoms with Gasteiger partial charge in [0.25, 0.3) is 11.8 Å². The molecule has 0 atom stereocenters. The van der Waals surface area contributed by atoms with Crippen LogP contribution in [0.3, 0.4) is 0 Å². The van der Waals surface area contributed by atoms with Crippen molar-refractivity contribution in [3.8, 4) is 11.5 Å². The summed E-state index contributed by atoms with van der Waals surface area (Å²) in [6, 6.07) is 8.98. The molecule has 1 aliphatic rings. The fraction of sp³-hybridized carbons (Fsp3) is 0.176. The van der Waals surface area contributed by atoms with Gasteiger partial charge in [-0.3, -0.25) is 14.5 Å². The zero-order valence-corrected chi connectivity index (χ0v) is 16.9. The molecule has 0 aliphatic carbocycles. The molecular formula is C17H16N2O8S2. The molecule has 0 radical (unpaired) electrons. The van der Waals surface area contributed by atoms with E-state index in [2.05, 4.69) is 0 Å². The van der Waals surface area contributed by atoms with E-state index in [0.717, 1.165) is 4.90 Å². The van der Waals surface area contributed by atoms with E-state index in [1.165, 1.54) is 0 Å². The topological polar surface area (TPSA) is 149 Å². The second-order valence-corrected chi connectivity index (χ2v) is 10.3. The number of nitrogens with zero attached hydrogens (tertiary/aromatic N) is 2. The minimum Gasteiger partial charge on any atom is -0.504 e. The van der Waals surface area contributed by atoms with Crippen LogP contribution in [0, 0.1) is 0 Å². The lowest BCUT2D eigenvalue weighted by Gasteiger charge is -2.22. The lowest BCUT2D eigenvalue weighted by Crippen LogP contribution is -2.36. The first-order valence-electron chi connectivity index (χ1n) is 8.03. The molecule has 2 N–H and O–H groups in total. The largest absolute Gasteiger partial charge is 0.504 e. The van der Waals surface area contributed by atoms with Gasteiger partial charge in [0.2, 0.25) is 20.0 Å². The number of hydrogen-bond donors (Lipinski definition) is 2. The molecule has 12 heteroatoms. The van der Waals surface area contributed by atoms with Crippen LogP contribution in [-0.4, -0.2) is 56.3 Å². The Morgan fingerprint density at radius 2 is 1.41 bits per heavy atom. The summed E-state index contributed by atoms with van der Waals surface area (Å²) < 4.78 is 48.5. The first-order valence-corrected chi connectivity index (χ1v) is 11.7. The molecule has 0 bridgehead atoms. The van der Waals surface area contributed by atoms with Crippen molar-refractivity contribution in [3.63, 3.8) is 0 Å². The Morgan fingerprint density at radius 3 is 1.93 bits per heavy atom. The van der Waals surface area contributed by atoms with Crippen LogP contribution in [0.4, 0.5) is 5.69 Å². The highest BCUT2D eigenvalue weighted by molar-refractivity contribution is 8.09. The van der Waals surface area contributed by atoms with Crippen molar-refractivity contribution >= 4 is 37.5 Å². The van der Waals surface area contributed by atoms with E-state index in [1.54, 1.807) is 30.3 Å². The van der Waals surface area contributed by atoms with Crippen LogP contribution < -0.4 is 3.71 Å². The standard InChI is InChI=1S/C17H16N2O8S2/c1-28(24,25)19(29(2,26)27)11-8-12(20)15(21)14-13(11)16(22)18(17(14)23)9-10-6-4-3-5-7-10/h3-8,20-21H,9H2,1-2H3. The number of phenolic OH excluding ortho intramolecular Hbond substituents is 2. The van der Waals surface area contributed by atoms with E-state index >= 15 is 0 Å². The van der Waals surface area contributed by atoms with Crippen LogP contribution in [0.15, 0.2) is 36.4 Å². The number of imide groups is 1. The number of phenols is 2. The van der Waals surface area contributed by atoms with E-state index in [-0.39, 0.29) is 10.3 Å². The smallest absolute Gasteiger partial charge is 0.265 e. The molecule has 154 valence electrons. The summed E-state index contributed by atoms with van der Waals surface area (Å²) in [6.07, 6.45) is 1.18. The number of carbonyl (C=O) groups excluding carboxylic acids is 2. The number of hydrogen-bond acceptors (Lipinski definition) is 8. The Morgan fingerprint density at radius 1 is 0.897 bits per heavy atom. The number of anilines is 1. The van der Waals surface area contributed by atoms with Gasteiger partial charge in [0, 0.05) is 6.07 Å². The summed E-state index contributed by atoms with van der Waals surface area (Å²) in [6.45, 7) is -0.204. The molecule has 0 saturated carbocycles. The highest BCUT2D eigenvalue weighted by Gasteiger charge is 2.44. The molecule has 0 saturated heterocycles. The van der Waals surface area contributed by atoms with Gasteiger partial charge in [-0.2, -0.15) is 3.71 Å². The highest BCUT2D eigenvalue weighted by atomic mass is 32.3. The van der Waals surface area contributed by atoms with Crippen LogP contribution in [0.5, 0.6) is 11.5 Å². The van der Waals surface area contributed by atoms with Gasteiger partial charge in [-0.25, -0.2) is 16.8 Å². The van der Waals surface area contributed by atoms with Gasteiger partial charge in [-0.05, 0) is 5.56 Å². The van der Waals surface area contributed by atoms with Crippen molar-refractivity contribution < 1.29 is 36.6 Å². The zero-order chi connectivity index (χ0) is 21.7. The van der Waals surface area contributed by atoms with Gasteiger partial charge in [0.05, 0.1) is 30.3 Å². The molecule has 2 amide bonds. The number of rotatable bonds is 5. The lowest BCUT2D eigenvalue weighted by atomic mass is 10.1. The summed E-state index contributed by atoms with van der Waals surface area (Å²) in [5, 5.41) is 20.1. The van der Waals surface area contributed by atoms with Crippen molar-refractivity contribution in [2.24, 2.45) is 0 Å². The van der Waals surface area contributed by atoms with Crippen LogP contribution in [0.2, 0.25) is 0 Å². The second kappa shape index (κ2) is 6.74. The number of fused-ring (bicyclic) bond motifs is 1. The quantitative estimate of drug-likeness (QED) is 0.507. The van der Waals surface area contributed by atoms with Crippen molar-refractivity contribution in [2.75, 3.05) is 16.2 Å². The molecule has 2 aromatic rings. The number of benzene rings is 2. The van der Waals surface area contributed by atoms with Gasteiger partial charge >= 0.3 is 0 Å². The molecule has 0 spiro atoms. The van der Waals surface area contributed by atoms with Crippen LogP contribution in [0.25, 0.3) is 0 Å². The fourth-order valence-electron chi connectivity index (χ4n) is 3.09. The maximum Gasteiger partial charge on any atom is 0.265 e.